The molecule has 0 saturated carbocycles. The number of hydrogen-bond acceptors (Lipinski definition) is 5. The van der Waals surface area contributed by atoms with E-state index in [-0.39, 0.29) is 25.2 Å². The number of rotatable bonds is 4. The molecule has 1 unspecified atom stereocenters. The number of ether oxygens (including phenoxy) is 1. The molecule has 3 heterocycles. The number of aryl methyl sites for hydroxylation is 3. The molecular weight excluding hydrogens is 356 g/mol. The normalized spacial score (nSPS) is 16.3. The molecule has 7 nitrogen and oxygen atoms in total. The number of aromatic nitrogens is 3. The molecule has 1 atom stereocenters. The van der Waals surface area contributed by atoms with Gasteiger partial charge in [0.1, 0.15) is 0 Å². The Kier molecular flexibility index (Phi) is 4.77. The van der Waals surface area contributed by atoms with Crippen LogP contribution in [0.4, 0.5) is 0 Å². The van der Waals surface area contributed by atoms with Gasteiger partial charge >= 0.3 is 0 Å². The van der Waals surface area contributed by atoms with Crippen molar-refractivity contribution in [3.8, 4) is 5.88 Å². The Balaban J connectivity index is 1.55. The molecule has 4 rings (SSSR count). The fourth-order valence-corrected chi connectivity index (χ4v) is 4.01. The number of benzene rings is 1. The molecule has 1 aliphatic heterocycles. The lowest BCUT2D eigenvalue weighted by Crippen LogP contribution is -2.43. The van der Waals surface area contributed by atoms with Gasteiger partial charge in [-0.25, -0.2) is 9.67 Å². The standard InChI is InChI=1S/C21H24N4O3/c1-13-10-14(2)22-20-19(13)21(23-24(20)3)28-12-18(27)25-9-8-15-6-4-5-7-16(15)17(25)11-26/h4-7,10,17,26H,8-9,11-12H2,1-3H3. The van der Waals surface area contributed by atoms with Crippen molar-refractivity contribution < 1.29 is 14.6 Å². The highest BCUT2D eigenvalue weighted by atomic mass is 16.5. The van der Waals surface area contributed by atoms with Crippen molar-refractivity contribution in [3.05, 3.63) is 52.7 Å². The van der Waals surface area contributed by atoms with E-state index in [0.29, 0.717) is 12.4 Å². The molecule has 0 fully saturated rings. The number of carbonyl (C=O) groups excluding carboxylic acids is 1. The van der Waals surface area contributed by atoms with E-state index in [4.69, 9.17) is 4.74 Å². The Morgan fingerprint density at radius 3 is 2.89 bits per heavy atom. The Labute approximate surface area is 163 Å². The highest BCUT2D eigenvalue weighted by Crippen LogP contribution is 2.30. The largest absolute Gasteiger partial charge is 0.466 e. The van der Waals surface area contributed by atoms with E-state index in [1.807, 2.05) is 51.2 Å². The van der Waals surface area contributed by atoms with Crippen LogP contribution in [0.3, 0.4) is 0 Å². The Morgan fingerprint density at radius 2 is 2.11 bits per heavy atom. The van der Waals surface area contributed by atoms with Crippen molar-refractivity contribution in [1.29, 1.82) is 0 Å². The first-order valence-corrected chi connectivity index (χ1v) is 9.41. The van der Waals surface area contributed by atoms with Crippen LogP contribution in [0.1, 0.15) is 28.4 Å². The van der Waals surface area contributed by atoms with Gasteiger partial charge in [0.15, 0.2) is 12.3 Å². The van der Waals surface area contributed by atoms with Crippen molar-refractivity contribution in [2.75, 3.05) is 19.8 Å². The molecule has 0 saturated heterocycles. The van der Waals surface area contributed by atoms with Crippen LogP contribution in [0.5, 0.6) is 5.88 Å². The van der Waals surface area contributed by atoms with E-state index in [9.17, 15) is 9.90 Å². The second-order valence-electron chi connectivity index (χ2n) is 7.23. The van der Waals surface area contributed by atoms with E-state index in [1.54, 1.807) is 9.58 Å². The number of carbonyl (C=O) groups is 1. The van der Waals surface area contributed by atoms with Crippen LogP contribution in [0.2, 0.25) is 0 Å². The summed E-state index contributed by atoms with van der Waals surface area (Å²) in [6.45, 7) is 4.24. The summed E-state index contributed by atoms with van der Waals surface area (Å²) in [6, 6.07) is 9.57. The summed E-state index contributed by atoms with van der Waals surface area (Å²) < 4.78 is 7.48. The third-order valence-corrected chi connectivity index (χ3v) is 5.32. The van der Waals surface area contributed by atoms with Gasteiger partial charge < -0.3 is 14.7 Å². The first kappa shape index (κ1) is 18.4. The zero-order valence-corrected chi connectivity index (χ0v) is 16.3. The highest BCUT2D eigenvalue weighted by Gasteiger charge is 2.30. The van der Waals surface area contributed by atoms with Crippen LogP contribution in [-0.4, -0.2) is 50.4 Å². The van der Waals surface area contributed by atoms with Gasteiger partial charge in [0.2, 0.25) is 5.88 Å². The maximum Gasteiger partial charge on any atom is 0.261 e. The first-order chi connectivity index (χ1) is 13.5. The van der Waals surface area contributed by atoms with Gasteiger partial charge in [-0.3, -0.25) is 4.79 Å². The zero-order valence-electron chi connectivity index (χ0n) is 16.3. The van der Waals surface area contributed by atoms with Crippen LogP contribution >= 0.6 is 0 Å². The molecule has 1 aromatic carbocycles. The molecule has 1 amide bonds. The van der Waals surface area contributed by atoms with Gasteiger partial charge in [0.25, 0.3) is 5.91 Å². The second-order valence-corrected chi connectivity index (χ2v) is 7.23. The number of aliphatic hydroxyl groups excluding tert-OH is 1. The van der Waals surface area contributed by atoms with Crippen LogP contribution in [0.25, 0.3) is 11.0 Å². The molecule has 2 aromatic heterocycles. The Bertz CT molecular complexity index is 1040. The lowest BCUT2D eigenvalue weighted by Gasteiger charge is -2.36. The summed E-state index contributed by atoms with van der Waals surface area (Å²) in [5.41, 5.74) is 4.84. The number of fused-ring (bicyclic) bond motifs is 2. The lowest BCUT2D eigenvalue weighted by molar-refractivity contribution is -0.137. The average Bonchev–Trinajstić information content (AvgIpc) is 3.01. The maximum atomic E-state index is 12.9. The molecule has 3 aromatic rings. The summed E-state index contributed by atoms with van der Waals surface area (Å²) in [5.74, 6) is 0.249. The minimum Gasteiger partial charge on any atom is -0.466 e. The van der Waals surface area contributed by atoms with Crippen LogP contribution < -0.4 is 4.74 Å². The van der Waals surface area contributed by atoms with Crippen molar-refractivity contribution in [2.24, 2.45) is 7.05 Å². The average molecular weight is 380 g/mol. The zero-order chi connectivity index (χ0) is 19.8. The number of pyridine rings is 1. The van der Waals surface area contributed by atoms with Crippen LogP contribution in [0.15, 0.2) is 30.3 Å². The van der Waals surface area contributed by atoms with E-state index >= 15 is 0 Å². The van der Waals surface area contributed by atoms with Crippen molar-refractivity contribution in [3.63, 3.8) is 0 Å². The fraction of sp³-hybridized carbons (Fsp3) is 0.381. The van der Waals surface area contributed by atoms with E-state index < -0.39 is 0 Å². The number of nitrogens with zero attached hydrogens (tertiary/aromatic N) is 4. The lowest BCUT2D eigenvalue weighted by atomic mass is 9.93. The molecule has 0 bridgehead atoms. The Morgan fingerprint density at radius 1 is 1.32 bits per heavy atom. The van der Waals surface area contributed by atoms with E-state index in [1.165, 1.54) is 5.56 Å². The Hall–Kier alpha value is -2.93. The topological polar surface area (TPSA) is 80.5 Å². The minimum atomic E-state index is -0.340. The van der Waals surface area contributed by atoms with Crippen LogP contribution in [-0.2, 0) is 18.3 Å². The molecule has 1 N–H and O–H groups in total. The molecule has 0 spiro atoms. The smallest absolute Gasteiger partial charge is 0.261 e. The van der Waals surface area contributed by atoms with Gasteiger partial charge in [-0.05, 0) is 43.0 Å². The number of aliphatic hydroxyl groups is 1. The SMILES string of the molecule is Cc1cc(C)c2c(OCC(=O)N3CCc4ccccc4C3CO)nn(C)c2n1. The summed E-state index contributed by atoms with van der Waals surface area (Å²) in [5, 5.41) is 15.1. The van der Waals surface area contributed by atoms with Gasteiger partial charge in [-0.1, -0.05) is 24.3 Å². The third kappa shape index (κ3) is 3.11. The van der Waals surface area contributed by atoms with Crippen molar-refractivity contribution in [1.82, 2.24) is 19.7 Å². The fourth-order valence-electron chi connectivity index (χ4n) is 4.01. The first-order valence-electron chi connectivity index (χ1n) is 9.41. The van der Waals surface area contributed by atoms with Gasteiger partial charge in [-0.15, -0.1) is 5.10 Å². The molecule has 146 valence electrons. The van der Waals surface area contributed by atoms with Gasteiger partial charge in [-0.2, -0.15) is 0 Å². The number of amides is 1. The van der Waals surface area contributed by atoms with Gasteiger partial charge in [0.05, 0.1) is 18.0 Å². The summed E-state index contributed by atoms with van der Waals surface area (Å²) >= 11 is 0. The number of hydrogen-bond donors (Lipinski definition) is 1. The van der Waals surface area contributed by atoms with E-state index in [0.717, 1.165) is 34.3 Å². The molecule has 28 heavy (non-hydrogen) atoms. The predicted octanol–water partition coefficient (Wildman–Crippen LogP) is 2.08. The summed E-state index contributed by atoms with van der Waals surface area (Å²) in [7, 11) is 1.81. The monoisotopic (exact) mass is 380 g/mol. The molecule has 0 aliphatic carbocycles. The minimum absolute atomic E-state index is 0.114. The van der Waals surface area contributed by atoms with Crippen LogP contribution in [0, 0.1) is 13.8 Å². The molecular formula is C21H24N4O3. The second kappa shape index (κ2) is 7.24. The third-order valence-electron chi connectivity index (χ3n) is 5.32. The van der Waals surface area contributed by atoms with Crippen molar-refractivity contribution in [2.45, 2.75) is 26.3 Å². The summed E-state index contributed by atoms with van der Waals surface area (Å²) in [6.07, 6.45) is 0.771. The summed E-state index contributed by atoms with van der Waals surface area (Å²) in [4.78, 5) is 19.1. The van der Waals surface area contributed by atoms with E-state index in [2.05, 4.69) is 10.1 Å². The molecule has 1 aliphatic rings. The molecule has 7 heteroatoms. The van der Waals surface area contributed by atoms with Gasteiger partial charge in [0, 0.05) is 19.3 Å². The quantitative estimate of drug-likeness (QED) is 0.750. The predicted molar refractivity (Wildman–Crippen MR) is 105 cm³/mol. The molecule has 0 radical (unpaired) electrons. The van der Waals surface area contributed by atoms with Crippen molar-refractivity contribution >= 4 is 16.9 Å². The maximum absolute atomic E-state index is 12.9. The highest BCUT2D eigenvalue weighted by molar-refractivity contribution is 5.86.